The zero-order valence-electron chi connectivity index (χ0n) is 16.7. The minimum atomic E-state index is -0.353. The quantitative estimate of drug-likeness (QED) is 0.478. The maximum absolute atomic E-state index is 12.1. The number of benzene rings is 2. The van der Waals surface area contributed by atoms with Crippen molar-refractivity contribution in [3.63, 3.8) is 0 Å². The Morgan fingerprint density at radius 1 is 1.18 bits per heavy atom. The number of ether oxygens (including phenoxy) is 3. The SMILES string of the molecule is COc1ccc(OC)c(/C=N/NC(=O)COc2cc(C)c(Br)cc2C(C)C)c1. The summed E-state index contributed by atoms with van der Waals surface area (Å²) >= 11 is 3.53. The molecule has 0 spiro atoms. The van der Waals surface area contributed by atoms with Crippen LogP contribution in [0.25, 0.3) is 0 Å². The van der Waals surface area contributed by atoms with E-state index in [0.717, 1.165) is 15.6 Å². The van der Waals surface area contributed by atoms with Crippen molar-refractivity contribution in [2.75, 3.05) is 20.8 Å². The molecule has 2 aromatic rings. The van der Waals surface area contributed by atoms with E-state index >= 15 is 0 Å². The second-order valence-corrected chi connectivity index (χ2v) is 7.34. The molecule has 1 amide bonds. The number of amides is 1. The molecule has 0 aliphatic heterocycles. The Kier molecular flexibility index (Phi) is 7.87. The van der Waals surface area contributed by atoms with Crippen LogP contribution >= 0.6 is 15.9 Å². The Bertz CT molecular complexity index is 866. The fourth-order valence-corrected chi connectivity index (χ4v) is 2.90. The first-order chi connectivity index (χ1) is 13.3. The summed E-state index contributed by atoms with van der Waals surface area (Å²) in [5.41, 5.74) is 5.23. The molecule has 28 heavy (non-hydrogen) atoms. The van der Waals surface area contributed by atoms with Crippen LogP contribution in [0.2, 0.25) is 0 Å². The molecule has 0 heterocycles. The van der Waals surface area contributed by atoms with Gasteiger partial charge in [-0.3, -0.25) is 4.79 Å². The van der Waals surface area contributed by atoms with Crippen molar-refractivity contribution in [2.45, 2.75) is 26.7 Å². The van der Waals surface area contributed by atoms with Crippen LogP contribution in [0.1, 0.15) is 36.5 Å². The van der Waals surface area contributed by atoms with Gasteiger partial charge in [0.2, 0.25) is 0 Å². The van der Waals surface area contributed by atoms with Crippen LogP contribution in [0.4, 0.5) is 0 Å². The first kappa shape index (κ1) is 21.8. The van der Waals surface area contributed by atoms with Crippen molar-refractivity contribution >= 4 is 28.1 Å². The zero-order chi connectivity index (χ0) is 20.7. The number of methoxy groups -OCH3 is 2. The molecule has 1 N–H and O–H groups in total. The van der Waals surface area contributed by atoms with Crippen LogP contribution in [0.5, 0.6) is 17.2 Å². The standard InChI is InChI=1S/C21H25BrN2O4/c1-13(2)17-10-18(22)14(3)8-20(17)28-12-21(25)24-23-11-15-9-16(26-4)6-7-19(15)27-5/h6-11,13H,12H2,1-5H3,(H,24,25)/b23-11+. The van der Waals surface area contributed by atoms with Gasteiger partial charge >= 0.3 is 0 Å². The summed E-state index contributed by atoms with van der Waals surface area (Å²) in [6.45, 7) is 6.01. The van der Waals surface area contributed by atoms with E-state index in [9.17, 15) is 4.79 Å². The Morgan fingerprint density at radius 2 is 1.93 bits per heavy atom. The molecule has 7 heteroatoms. The highest BCUT2D eigenvalue weighted by Gasteiger charge is 2.12. The van der Waals surface area contributed by atoms with Crippen molar-refractivity contribution in [2.24, 2.45) is 5.10 Å². The summed E-state index contributed by atoms with van der Waals surface area (Å²) in [5, 5.41) is 3.98. The first-order valence-corrected chi connectivity index (χ1v) is 9.61. The number of halogens is 1. The number of aryl methyl sites for hydroxylation is 1. The molecule has 0 atom stereocenters. The fraction of sp³-hybridized carbons (Fsp3) is 0.333. The Hall–Kier alpha value is -2.54. The van der Waals surface area contributed by atoms with Gasteiger partial charge < -0.3 is 14.2 Å². The molecule has 0 bridgehead atoms. The summed E-state index contributed by atoms with van der Waals surface area (Å²) in [6.07, 6.45) is 1.50. The van der Waals surface area contributed by atoms with E-state index in [1.165, 1.54) is 6.21 Å². The van der Waals surface area contributed by atoms with Gasteiger partial charge in [-0.25, -0.2) is 5.43 Å². The van der Waals surface area contributed by atoms with Gasteiger partial charge in [-0.05, 0) is 54.3 Å². The molecule has 0 unspecified atom stereocenters. The summed E-state index contributed by atoms with van der Waals surface area (Å²) in [4.78, 5) is 12.1. The minimum absolute atomic E-state index is 0.132. The van der Waals surface area contributed by atoms with Crippen LogP contribution in [0, 0.1) is 6.92 Å². The van der Waals surface area contributed by atoms with Gasteiger partial charge in [0.05, 0.1) is 20.4 Å². The normalized spacial score (nSPS) is 11.0. The van der Waals surface area contributed by atoms with Crippen LogP contribution < -0.4 is 19.6 Å². The van der Waals surface area contributed by atoms with E-state index in [-0.39, 0.29) is 18.4 Å². The number of rotatable bonds is 8. The Labute approximate surface area is 174 Å². The number of carbonyl (C=O) groups excluding carboxylic acids is 1. The third-order valence-electron chi connectivity index (χ3n) is 4.10. The lowest BCUT2D eigenvalue weighted by molar-refractivity contribution is -0.123. The minimum Gasteiger partial charge on any atom is -0.497 e. The van der Waals surface area contributed by atoms with Crippen molar-refractivity contribution in [3.8, 4) is 17.2 Å². The second kappa shape index (κ2) is 10.1. The van der Waals surface area contributed by atoms with Gasteiger partial charge in [-0.1, -0.05) is 29.8 Å². The molecule has 0 aromatic heterocycles. The third kappa shape index (κ3) is 5.73. The van der Waals surface area contributed by atoms with Crippen LogP contribution in [-0.4, -0.2) is 32.9 Å². The smallest absolute Gasteiger partial charge is 0.277 e. The highest BCUT2D eigenvalue weighted by molar-refractivity contribution is 9.10. The van der Waals surface area contributed by atoms with Gasteiger partial charge in [-0.15, -0.1) is 0 Å². The van der Waals surface area contributed by atoms with E-state index in [1.54, 1.807) is 32.4 Å². The first-order valence-electron chi connectivity index (χ1n) is 8.82. The third-order valence-corrected chi connectivity index (χ3v) is 4.96. The Morgan fingerprint density at radius 3 is 2.57 bits per heavy atom. The van der Waals surface area contributed by atoms with E-state index in [4.69, 9.17) is 14.2 Å². The van der Waals surface area contributed by atoms with Crippen molar-refractivity contribution in [3.05, 3.63) is 51.5 Å². The Balaban J connectivity index is 2.01. The van der Waals surface area contributed by atoms with Gasteiger partial charge in [-0.2, -0.15) is 5.10 Å². The molecule has 150 valence electrons. The maximum atomic E-state index is 12.1. The largest absolute Gasteiger partial charge is 0.497 e. The molecule has 0 radical (unpaired) electrons. The monoisotopic (exact) mass is 448 g/mol. The average Bonchev–Trinajstić information content (AvgIpc) is 2.68. The molecular weight excluding hydrogens is 424 g/mol. The molecule has 2 aromatic carbocycles. The van der Waals surface area contributed by atoms with E-state index in [2.05, 4.69) is 40.3 Å². The topological polar surface area (TPSA) is 69.2 Å². The van der Waals surface area contributed by atoms with Crippen LogP contribution in [-0.2, 0) is 4.79 Å². The van der Waals surface area contributed by atoms with Crippen molar-refractivity contribution < 1.29 is 19.0 Å². The molecule has 0 saturated heterocycles. The summed E-state index contributed by atoms with van der Waals surface area (Å²) in [7, 11) is 3.15. The number of nitrogens with zero attached hydrogens (tertiary/aromatic N) is 1. The fourth-order valence-electron chi connectivity index (χ4n) is 2.54. The lowest BCUT2D eigenvalue weighted by Crippen LogP contribution is -2.25. The average molecular weight is 449 g/mol. The lowest BCUT2D eigenvalue weighted by Gasteiger charge is -2.15. The van der Waals surface area contributed by atoms with Crippen molar-refractivity contribution in [1.29, 1.82) is 0 Å². The number of hydrazone groups is 1. The predicted molar refractivity (Wildman–Crippen MR) is 114 cm³/mol. The second-order valence-electron chi connectivity index (χ2n) is 6.48. The highest BCUT2D eigenvalue weighted by atomic mass is 79.9. The maximum Gasteiger partial charge on any atom is 0.277 e. The number of hydrogen-bond donors (Lipinski definition) is 1. The molecule has 2 rings (SSSR count). The van der Waals surface area contributed by atoms with Gasteiger partial charge in [0.1, 0.15) is 17.2 Å². The number of hydrogen-bond acceptors (Lipinski definition) is 5. The van der Waals surface area contributed by atoms with Gasteiger partial charge in [0, 0.05) is 10.0 Å². The van der Waals surface area contributed by atoms with Gasteiger partial charge in [0.15, 0.2) is 6.61 Å². The van der Waals surface area contributed by atoms with Crippen LogP contribution in [0.3, 0.4) is 0 Å². The lowest BCUT2D eigenvalue weighted by atomic mass is 10.0. The van der Waals surface area contributed by atoms with E-state index < -0.39 is 0 Å². The van der Waals surface area contributed by atoms with E-state index in [0.29, 0.717) is 22.8 Å². The highest BCUT2D eigenvalue weighted by Crippen LogP contribution is 2.32. The molecule has 0 saturated carbocycles. The van der Waals surface area contributed by atoms with E-state index in [1.807, 2.05) is 19.1 Å². The summed E-state index contributed by atoms with van der Waals surface area (Å²) in [5.74, 6) is 1.91. The van der Waals surface area contributed by atoms with Crippen molar-refractivity contribution in [1.82, 2.24) is 5.43 Å². The number of nitrogens with one attached hydrogen (secondary N) is 1. The molecule has 6 nitrogen and oxygen atoms in total. The van der Waals surface area contributed by atoms with Gasteiger partial charge in [0.25, 0.3) is 5.91 Å². The zero-order valence-corrected chi connectivity index (χ0v) is 18.3. The summed E-state index contributed by atoms with van der Waals surface area (Å²) in [6, 6.07) is 9.28. The summed E-state index contributed by atoms with van der Waals surface area (Å²) < 4.78 is 17.2. The predicted octanol–water partition coefficient (Wildman–Crippen LogP) is 4.43. The molecule has 0 aliphatic carbocycles. The number of carbonyl (C=O) groups is 1. The molecule has 0 aliphatic rings. The molecule has 0 fully saturated rings. The van der Waals surface area contributed by atoms with Crippen LogP contribution in [0.15, 0.2) is 39.9 Å². The molecular formula is C21H25BrN2O4.